The molecule has 0 unspecified atom stereocenters. The molecule has 1 aromatic carbocycles. The van der Waals surface area contributed by atoms with Crippen molar-refractivity contribution in [3.8, 4) is 0 Å². The fourth-order valence-corrected chi connectivity index (χ4v) is 2.96. The summed E-state index contributed by atoms with van der Waals surface area (Å²) in [7, 11) is 1.56. The highest BCUT2D eigenvalue weighted by Gasteiger charge is 2.30. The topological polar surface area (TPSA) is 75.5 Å². The van der Waals surface area contributed by atoms with Crippen molar-refractivity contribution in [2.45, 2.75) is 18.8 Å². The van der Waals surface area contributed by atoms with Crippen molar-refractivity contribution in [2.75, 3.05) is 12.4 Å². The highest BCUT2D eigenvalue weighted by atomic mass is 16.2. The van der Waals surface area contributed by atoms with Gasteiger partial charge in [0.15, 0.2) is 5.69 Å². The van der Waals surface area contributed by atoms with Crippen molar-refractivity contribution in [3.05, 3.63) is 65.7 Å². The third-order valence-corrected chi connectivity index (χ3v) is 4.38. The van der Waals surface area contributed by atoms with Crippen LogP contribution in [0.3, 0.4) is 0 Å². The van der Waals surface area contributed by atoms with Crippen LogP contribution in [0, 0.1) is 0 Å². The number of fused-ring (bicyclic) bond motifs is 1. The molecule has 0 bridgehead atoms. The number of imidazole rings is 1. The van der Waals surface area contributed by atoms with Gasteiger partial charge in [-0.3, -0.25) is 9.59 Å². The molecule has 2 aromatic heterocycles. The van der Waals surface area contributed by atoms with Crippen LogP contribution in [0.2, 0.25) is 0 Å². The van der Waals surface area contributed by atoms with Gasteiger partial charge in [-0.2, -0.15) is 0 Å². The minimum Gasteiger partial charge on any atom is -0.355 e. The third-order valence-electron chi connectivity index (χ3n) is 4.38. The number of anilines is 1. The van der Waals surface area contributed by atoms with Crippen LogP contribution in [0.25, 0.3) is 5.52 Å². The average molecular weight is 334 g/mol. The summed E-state index contributed by atoms with van der Waals surface area (Å²) in [6.45, 7) is 0. The molecule has 0 spiro atoms. The maximum Gasteiger partial charge on any atom is 0.276 e. The summed E-state index contributed by atoms with van der Waals surface area (Å²) in [5, 5.41) is 5.41. The van der Waals surface area contributed by atoms with Crippen LogP contribution >= 0.6 is 0 Å². The van der Waals surface area contributed by atoms with Gasteiger partial charge in [0.1, 0.15) is 5.82 Å². The van der Waals surface area contributed by atoms with Crippen LogP contribution in [0.1, 0.15) is 45.4 Å². The number of aromatic nitrogens is 2. The first-order chi connectivity index (χ1) is 12.2. The molecule has 1 aliphatic rings. The monoisotopic (exact) mass is 334 g/mol. The van der Waals surface area contributed by atoms with Crippen LogP contribution in [0.4, 0.5) is 5.69 Å². The van der Waals surface area contributed by atoms with Crippen molar-refractivity contribution in [3.63, 3.8) is 0 Å². The quantitative estimate of drug-likeness (QED) is 0.770. The van der Waals surface area contributed by atoms with Crippen LogP contribution in [-0.2, 0) is 0 Å². The van der Waals surface area contributed by atoms with Crippen molar-refractivity contribution in [1.29, 1.82) is 0 Å². The largest absolute Gasteiger partial charge is 0.355 e. The van der Waals surface area contributed by atoms with Gasteiger partial charge in [-0.15, -0.1) is 0 Å². The number of hydrogen-bond donors (Lipinski definition) is 2. The van der Waals surface area contributed by atoms with E-state index < -0.39 is 0 Å². The van der Waals surface area contributed by atoms with Crippen molar-refractivity contribution < 1.29 is 9.59 Å². The van der Waals surface area contributed by atoms with E-state index in [4.69, 9.17) is 0 Å². The Kier molecular flexibility index (Phi) is 3.72. The summed E-state index contributed by atoms with van der Waals surface area (Å²) in [6.07, 6.45) is 4.15. The molecule has 0 saturated heterocycles. The molecule has 0 atom stereocenters. The first kappa shape index (κ1) is 15.4. The average Bonchev–Trinajstić information content (AvgIpc) is 3.41. The maximum absolute atomic E-state index is 12.8. The number of rotatable bonds is 4. The Balaban J connectivity index is 1.71. The van der Waals surface area contributed by atoms with E-state index in [1.165, 1.54) is 0 Å². The molecular formula is C19H18N4O2. The first-order valence-corrected chi connectivity index (χ1v) is 8.28. The molecule has 25 heavy (non-hydrogen) atoms. The molecule has 2 amide bonds. The Morgan fingerprint density at radius 3 is 2.60 bits per heavy atom. The molecule has 6 heteroatoms. The van der Waals surface area contributed by atoms with E-state index in [1.54, 1.807) is 31.3 Å². The molecule has 4 rings (SSSR count). The van der Waals surface area contributed by atoms with E-state index in [0.29, 0.717) is 22.9 Å². The standard InChI is InChI=1S/C19H18N4O2/c1-20-18(24)13-6-2-3-7-14(13)21-19(25)16-15-8-4-5-11-23(15)17(22-16)12-9-10-12/h2-8,11-12H,9-10H2,1H3,(H,20,24)(H,21,25). The van der Waals surface area contributed by atoms with Gasteiger partial charge in [-0.1, -0.05) is 18.2 Å². The summed E-state index contributed by atoms with van der Waals surface area (Å²) in [6, 6.07) is 12.6. The molecule has 6 nitrogen and oxygen atoms in total. The summed E-state index contributed by atoms with van der Waals surface area (Å²) in [4.78, 5) is 29.4. The Morgan fingerprint density at radius 1 is 1.08 bits per heavy atom. The molecular weight excluding hydrogens is 316 g/mol. The maximum atomic E-state index is 12.8. The predicted octanol–water partition coefficient (Wildman–Crippen LogP) is 2.82. The number of carbonyl (C=O) groups is 2. The first-order valence-electron chi connectivity index (χ1n) is 8.28. The number of pyridine rings is 1. The van der Waals surface area contributed by atoms with Crippen molar-refractivity contribution in [1.82, 2.24) is 14.7 Å². The number of nitrogens with one attached hydrogen (secondary N) is 2. The lowest BCUT2D eigenvalue weighted by Crippen LogP contribution is -2.21. The summed E-state index contributed by atoms with van der Waals surface area (Å²) >= 11 is 0. The van der Waals surface area contributed by atoms with Gasteiger partial charge >= 0.3 is 0 Å². The highest BCUT2D eigenvalue weighted by molar-refractivity contribution is 6.11. The number of nitrogens with zero attached hydrogens (tertiary/aromatic N) is 2. The lowest BCUT2D eigenvalue weighted by molar-refractivity contribution is 0.0964. The zero-order valence-corrected chi connectivity index (χ0v) is 13.8. The zero-order chi connectivity index (χ0) is 17.4. The van der Waals surface area contributed by atoms with E-state index in [0.717, 1.165) is 24.2 Å². The summed E-state index contributed by atoms with van der Waals surface area (Å²) < 4.78 is 1.98. The fourth-order valence-electron chi connectivity index (χ4n) is 2.96. The Hall–Kier alpha value is -3.15. The van der Waals surface area contributed by atoms with Crippen LogP contribution < -0.4 is 10.6 Å². The Morgan fingerprint density at radius 2 is 1.84 bits per heavy atom. The minimum absolute atomic E-state index is 0.246. The zero-order valence-electron chi connectivity index (χ0n) is 13.8. The van der Waals surface area contributed by atoms with Gasteiger partial charge < -0.3 is 15.0 Å². The fraction of sp³-hybridized carbons (Fsp3) is 0.211. The highest BCUT2D eigenvalue weighted by Crippen LogP contribution is 2.40. The number of amides is 2. The van der Waals surface area contributed by atoms with E-state index in [2.05, 4.69) is 15.6 Å². The van der Waals surface area contributed by atoms with Crippen molar-refractivity contribution in [2.24, 2.45) is 0 Å². The van der Waals surface area contributed by atoms with Gasteiger partial charge in [0.05, 0.1) is 16.8 Å². The molecule has 2 heterocycles. The molecule has 1 fully saturated rings. The number of carbonyl (C=O) groups excluding carboxylic acids is 2. The lowest BCUT2D eigenvalue weighted by atomic mass is 10.1. The molecule has 0 aliphatic heterocycles. The molecule has 3 aromatic rings. The normalized spacial score (nSPS) is 13.6. The minimum atomic E-state index is -0.313. The second-order valence-electron chi connectivity index (χ2n) is 6.13. The summed E-state index contributed by atoms with van der Waals surface area (Å²) in [5.74, 6) is 0.797. The van der Waals surface area contributed by atoms with Crippen LogP contribution in [0.15, 0.2) is 48.7 Å². The second-order valence-corrected chi connectivity index (χ2v) is 6.13. The molecule has 1 aliphatic carbocycles. The third kappa shape index (κ3) is 2.76. The van der Waals surface area contributed by atoms with E-state index >= 15 is 0 Å². The van der Waals surface area contributed by atoms with Gasteiger partial charge in [0.2, 0.25) is 0 Å². The second kappa shape index (κ2) is 6.05. The lowest BCUT2D eigenvalue weighted by Gasteiger charge is -2.09. The van der Waals surface area contributed by atoms with E-state index in [1.807, 2.05) is 28.8 Å². The van der Waals surface area contributed by atoms with E-state index in [-0.39, 0.29) is 11.8 Å². The van der Waals surface area contributed by atoms with Crippen LogP contribution in [-0.4, -0.2) is 28.2 Å². The van der Waals surface area contributed by atoms with Crippen LogP contribution in [0.5, 0.6) is 0 Å². The molecule has 1 saturated carbocycles. The van der Waals surface area contributed by atoms with Gasteiger partial charge in [0.25, 0.3) is 11.8 Å². The predicted molar refractivity (Wildman–Crippen MR) is 95.0 cm³/mol. The molecule has 2 N–H and O–H groups in total. The van der Waals surface area contributed by atoms with Gasteiger partial charge in [0, 0.05) is 19.2 Å². The van der Waals surface area contributed by atoms with Gasteiger partial charge in [-0.25, -0.2) is 4.98 Å². The number of benzene rings is 1. The molecule has 126 valence electrons. The van der Waals surface area contributed by atoms with E-state index in [9.17, 15) is 9.59 Å². The Bertz CT molecular complexity index is 972. The SMILES string of the molecule is CNC(=O)c1ccccc1NC(=O)c1nc(C2CC2)n2ccccc12. The van der Waals surface area contributed by atoms with Crippen molar-refractivity contribution >= 4 is 23.0 Å². The van der Waals surface area contributed by atoms with Gasteiger partial charge in [-0.05, 0) is 37.1 Å². The smallest absolute Gasteiger partial charge is 0.276 e. The molecule has 0 radical (unpaired) electrons. The summed E-state index contributed by atoms with van der Waals surface area (Å²) in [5.41, 5.74) is 2.05. The number of hydrogen-bond acceptors (Lipinski definition) is 3. The Labute approximate surface area is 144 Å². The number of para-hydroxylation sites is 1.